The zero-order valence-electron chi connectivity index (χ0n) is 7.90. The summed E-state index contributed by atoms with van der Waals surface area (Å²) in [5, 5.41) is 18.9. The molecule has 3 heteroatoms. The van der Waals surface area contributed by atoms with Gasteiger partial charge in [-0.05, 0) is 12.8 Å². The van der Waals surface area contributed by atoms with Crippen molar-refractivity contribution >= 4 is 0 Å². The van der Waals surface area contributed by atoms with Crippen LogP contribution >= 0.6 is 0 Å². The van der Waals surface area contributed by atoms with E-state index in [-0.39, 0.29) is 12.2 Å². The Kier molecular flexibility index (Phi) is 3.09. The first kappa shape index (κ1) is 9.96. The van der Waals surface area contributed by atoms with Gasteiger partial charge in [0.15, 0.2) is 0 Å². The van der Waals surface area contributed by atoms with E-state index in [0.717, 1.165) is 0 Å². The fourth-order valence-electron chi connectivity index (χ4n) is 1.60. The molecule has 0 unspecified atom stereocenters. The summed E-state index contributed by atoms with van der Waals surface area (Å²) in [5.74, 6) is 0.301. The highest BCUT2D eigenvalue weighted by Crippen LogP contribution is 2.24. The molecule has 1 heterocycles. The Morgan fingerprint density at radius 2 is 1.83 bits per heavy atom. The molecule has 4 atom stereocenters. The smallest absolute Gasteiger partial charge is 0.0862 e. The van der Waals surface area contributed by atoms with Gasteiger partial charge < -0.3 is 14.9 Å². The van der Waals surface area contributed by atoms with Gasteiger partial charge in [0.25, 0.3) is 0 Å². The molecule has 0 spiro atoms. The third-order valence-corrected chi connectivity index (χ3v) is 2.43. The molecule has 0 saturated carbocycles. The molecule has 0 aromatic heterocycles. The van der Waals surface area contributed by atoms with Crippen LogP contribution in [0.5, 0.6) is 0 Å². The first-order chi connectivity index (χ1) is 5.52. The molecule has 1 aliphatic rings. The Morgan fingerprint density at radius 1 is 1.25 bits per heavy atom. The summed E-state index contributed by atoms with van der Waals surface area (Å²) in [4.78, 5) is 0. The molecule has 0 aromatic rings. The molecule has 0 aromatic carbocycles. The summed E-state index contributed by atoms with van der Waals surface area (Å²) in [5.41, 5.74) is 0. The predicted octanol–water partition coefficient (Wildman–Crippen LogP) is 0.542. The topological polar surface area (TPSA) is 49.7 Å². The molecule has 0 aliphatic carbocycles. The van der Waals surface area contributed by atoms with E-state index in [1.165, 1.54) is 0 Å². The Hall–Kier alpha value is -0.120. The van der Waals surface area contributed by atoms with Gasteiger partial charge >= 0.3 is 0 Å². The minimum atomic E-state index is -0.519. The maximum atomic E-state index is 9.54. The van der Waals surface area contributed by atoms with Crippen LogP contribution in [0.3, 0.4) is 0 Å². The molecule has 1 saturated heterocycles. The maximum Gasteiger partial charge on any atom is 0.0862 e. The van der Waals surface area contributed by atoms with Crippen molar-refractivity contribution in [1.82, 2.24) is 0 Å². The molecule has 0 bridgehead atoms. The van der Waals surface area contributed by atoms with Crippen molar-refractivity contribution in [3.63, 3.8) is 0 Å². The van der Waals surface area contributed by atoms with Crippen LogP contribution in [-0.4, -0.2) is 34.6 Å². The number of ether oxygens (including phenoxy) is 1. The Morgan fingerprint density at radius 3 is 2.33 bits per heavy atom. The average molecular weight is 174 g/mol. The lowest BCUT2D eigenvalue weighted by molar-refractivity contribution is -0.175. The first-order valence-corrected chi connectivity index (χ1v) is 4.54. The molecule has 12 heavy (non-hydrogen) atoms. The predicted molar refractivity (Wildman–Crippen MR) is 45.8 cm³/mol. The van der Waals surface area contributed by atoms with E-state index >= 15 is 0 Å². The lowest BCUT2D eigenvalue weighted by Crippen LogP contribution is -2.48. The van der Waals surface area contributed by atoms with Gasteiger partial charge in [0.05, 0.1) is 24.4 Å². The largest absolute Gasteiger partial charge is 0.390 e. The van der Waals surface area contributed by atoms with E-state index in [2.05, 4.69) is 0 Å². The van der Waals surface area contributed by atoms with Crippen LogP contribution in [0, 0.1) is 5.92 Å². The molecule has 0 radical (unpaired) electrons. The van der Waals surface area contributed by atoms with Crippen molar-refractivity contribution in [2.24, 2.45) is 5.92 Å². The van der Waals surface area contributed by atoms with Crippen LogP contribution in [0.15, 0.2) is 0 Å². The first-order valence-electron chi connectivity index (χ1n) is 4.54. The highest BCUT2D eigenvalue weighted by atomic mass is 16.5. The highest BCUT2D eigenvalue weighted by molar-refractivity contribution is 4.84. The van der Waals surface area contributed by atoms with E-state index in [1.807, 2.05) is 20.8 Å². The van der Waals surface area contributed by atoms with Gasteiger partial charge in [-0.1, -0.05) is 13.8 Å². The fourth-order valence-corrected chi connectivity index (χ4v) is 1.60. The summed E-state index contributed by atoms with van der Waals surface area (Å²) in [7, 11) is 0. The summed E-state index contributed by atoms with van der Waals surface area (Å²) < 4.78 is 5.47. The Balaban J connectivity index is 2.55. The molecule has 0 amide bonds. The molecule has 2 N–H and O–H groups in total. The normalized spacial score (nSPS) is 43.5. The van der Waals surface area contributed by atoms with Crippen LogP contribution in [0.2, 0.25) is 0 Å². The van der Waals surface area contributed by atoms with Crippen LogP contribution < -0.4 is 0 Å². The van der Waals surface area contributed by atoms with Crippen LogP contribution in [0.4, 0.5) is 0 Å². The Bertz CT molecular complexity index is 147. The van der Waals surface area contributed by atoms with E-state index in [1.54, 1.807) is 0 Å². The monoisotopic (exact) mass is 174 g/mol. The minimum absolute atomic E-state index is 0.122. The van der Waals surface area contributed by atoms with E-state index in [4.69, 9.17) is 4.74 Å². The summed E-state index contributed by atoms with van der Waals surface area (Å²) in [6.07, 6.45) is -0.875. The van der Waals surface area contributed by atoms with Crippen molar-refractivity contribution in [1.29, 1.82) is 0 Å². The van der Waals surface area contributed by atoms with Gasteiger partial charge in [0, 0.05) is 6.42 Å². The lowest BCUT2D eigenvalue weighted by atomic mass is 9.92. The second kappa shape index (κ2) is 3.73. The van der Waals surface area contributed by atoms with E-state index in [0.29, 0.717) is 12.3 Å². The summed E-state index contributed by atoms with van der Waals surface area (Å²) in [6, 6.07) is 0. The quantitative estimate of drug-likeness (QED) is 0.610. The maximum absolute atomic E-state index is 9.54. The minimum Gasteiger partial charge on any atom is -0.390 e. The molecule has 1 rings (SSSR count). The van der Waals surface area contributed by atoms with Crippen molar-refractivity contribution in [3.05, 3.63) is 0 Å². The average Bonchev–Trinajstić information content (AvgIpc) is 1.96. The van der Waals surface area contributed by atoms with E-state index < -0.39 is 12.2 Å². The van der Waals surface area contributed by atoms with Gasteiger partial charge in [-0.2, -0.15) is 0 Å². The second-order valence-electron chi connectivity index (χ2n) is 3.92. The number of aliphatic hydroxyl groups excluding tert-OH is 2. The van der Waals surface area contributed by atoms with Crippen molar-refractivity contribution < 1.29 is 14.9 Å². The number of aliphatic hydroxyl groups is 2. The van der Waals surface area contributed by atoms with Crippen LogP contribution in [-0.2, 0) is 4.74 Å². The van der Waals surface area contributed by atoms with Crippen LogP contribution in [0.1, 0.15) is 27.2 Å². The molecular weight excluding hydrogens is 156 g/mol. The third-order valence-electron chi connectivity index (χ3n) is 2.43. The third kappa shape index (κ3) is 1.97. The molecule has 1 fully saturated rings. The SMILES string of the molecule is CC(C)[C@@H]1O[C@H](C)[C@H](O)C[C@H]1O. The zero-order chi connectivity index (χ0) is 9.30. The number of rotatable bonds is 1. The van der Waals surface area contributed by atoms with E-state index in [9.17, 15) is 10.2 Å². The standard InChI is InChI=1S/C9H18O3/c1-5(2)9-8(11)4-7(10)6(3)12-9/h5-11H,4H2,1-3H3/t6-,7-,8-,9+/m1/s1. The number of hydrogen-bond acceptors (Lipinski definition) is 3. The summed E-state index contributed by atoms with van der Waals surface area (Å²) >= 11 is 0. The Labute approximate surface area is 73.4 Å². The highest BCUT2D eigenvalue weighted by Gasteiger charge is 2.35. The number of hydrogen-bond donors (Lipinski definition) is 2. The van der Waals surface area contributed by atoms with Gasteiger partial charge in [-0.3, -0.25) is 0 Å². The van der Waals surface area contributed by atoms with Crippen molar-refractivity contribution in [2.45, 2.75) is 51.6 Å². The van der Waals surface area contributed by atoms with Crippen molar-refractivity contribution in [2.75, 3.05) is 0 Å². The molecule has 72 valence electrons. The molecule has 3 nitrogen and oxygen atoms in total. The molecular formula is C9H18O3. The molecule has 1 aliphatic heterocycles. The lowest BCUT2D eigenvalue weighted by Gasteiger charge is -2.37. The van der Waals surface area contributed by atoms with Gasteiger partial charge in [-0.25, -0.2) is 0 Å². The summed E-state index contributed by atoms with van der Waals surface area (Å²) in [6.45, 7) is 5.86. The van der Waals surface area contributed by atoms with Gasteiger partial charge in [0.1, 0.15) is 0 Å². The van der Waals surface area contributed by atoms with Gasteiger partial charge in [-0.15, -0.1) is 0 Å². The zero-order valence-corrected chi connectivity index (χ0v) is 7.90. The second-order valence-corrected chi connectivity index (χ2v) is 3.92. The fraction of sp³-hybridized carbons (Fsp3) is 1.00. The van der Waals surface area contributed by atoms with Crippen LogP contribution in [0.25, 0.3) is 0 Å². The van der Waals surface area contributed by atoms with Crippen molar-refractivity contribution in [3.8, 4) is 0 Å². The van der Waals surface area contributed by atoms with Gasteiger partial charge in [0.2, 0.25) is 0 Å².